The number of nitrogens with two attached hydrogens (primary N) is 1. The molecule has 5 nitrogen and oxygen atoms in total. The number of carbonyl (C=O) groups is 2. The topological polar surface area (TPSA) is 81.4 Å². The van der Waals surface area contributed by atoms with Gasteiger partial charge in [-0.15, -0.1) is 0 Å². The number of imide groups is 1. The van der Waals surface area contributed by atoms with Crippen molar-refractivity contribution in [3.8, 4) is 5.75 Å². The standard InChI is InChI=1S/C12H14BrClN2O3/c1-6(2)10(11(17)16-12(15)18)19-9-4-3-7(13)5-8(9)14/h3-6,10H,1-2H3,(H3,15,16,17,18)/t10-/m1/s1. The molecule has 0 unspecified atom stereocenters. The van der Waals surface area contributed by atoms with Gasteiger partial charge in [-0.1, -0.05) is 41.4 Å². The number of nitrogens with one attached hydrogen (secondary N) is 1. The molecule has 3 amide bonds. The zero-order valence-electron chi connectivity index (χ0n) is 10.4. The van der Waals surface area contributed by atoms with Gasteiger partial charge in [-0.25, -0.2) is 4.79 Å². The van der Waals surface area contributed by atoms with Crippen molar-refractivity contribution in [3.05, 3.63) is 27.7 Å². The summed E-state index contributed by atoms with van der Waals surface area (Å²) < 4.78 is 6.35. The molecule has 104 valence electrons. The highest BCUT2D eigenvalue weighted by molar-refractivity contribution is 9.10. The van der Waals surface area contributed by atoms with Crippen LogP contribution in [0.5, 0.6) is 5.75 Å². The first-order valence-corrected chi connectivity index (χ1v) is 6.70. The minimum atomic E-state index is -0.916. The number of hydrogen-bond donors (Lipinski definition) is 2. The third-order valence-electron chi connectivity index (χ3n) is 2.26. The van der Waals surface area contributed by atoms with Crippen molar-refractivity contribution >= 4 is 39.5 Å². The Kier molecular flexibility index (Phi) is 5.62. The SMILES string of the molecule is CC(C)[C@@H](Oc1ccc(Br)cc1Cl)C(=O)NC(N)=O. The van der Waals surface area contributed by atoms with Crippen molar-refractivity contribution in [2.75, 3.05) is 0 Å². The number of benzene rings is 1. The van der Waals surface area contributed by atoms with Crippen LogP contribution >= 0.6 is 27.5 Å². The second-order valence-electron chi connectivity index (χ2n) is 4.21. The van der Waals surface area contributed by atoms with E-state index in [9.17, 15) is 9.59 Å². The first-order chi connectivity index (χ1) is 8.81. The number of ether oxygens (including phenoxy) is 1. The number of rotatable bonds is 4. The van der Waals surface area contributed by atoms with Crippen LogP contribution in [0.4, 0.5) is 4.79 Å². The van der Waals surface area contributed by atoms with Gasteiger partial charge in [-0.3, -0.25) is 10.1 Å². The highest BCUT2D eigenvalue weighted by Crippen LogP contribution is 2.29. The number of urea groups is 1. The minimum absolute atomic E-state index is 0.154. The third-order valence-corrected chi connectivity index (χ3v) is 3.05. The maximum Gasteiger partial charge on any atom is 0.318 e. The molecule has 7 heteroatoms. The summed E-state index contributed by atoms with van der Waals surface area (Å²) in [7, 11) is 0. The smallest absolute Gasteiger partial charge is 0.318 e. The number of primary amides is 1. The highest BCUT2D eigenvalue weighted by atomic mass is 79.9. The quantitative estimate of drug-likeness (QED) is 0.877. The van der Waals surface area contributed by atoms with Gasteiger partial charge in [0.05, 0.1) is 5.02 Å². The summed E-state index contributed by atoms with van der Waals surface area (Å²) in [5, 5.41) is 2.37. The van der Waals surface area contributed by atoms with E-state index in [2.05, 4.69) is 15.9 Å². The van der Waals surface area contributed by atoms with Crippen molar-refractivity contribution in [1.82, 2.24) is 5.32 Å². The molecule has 19 heavy (non-hydrogen) atoms. The van der Waals surface area contributed by atoms with Gasteiger partial charge < -0.3 is 10.5 Å². The van der Waals surface area contributed by atoms with Crippen LogP contribution in [0.15, 0.2) is 22.7 Å². The van der Waals surface area contributed by atoms with E-state index in [1.807, 2.05) is 5.32 Å². The zero-order valence-corrected chi connectivity index (χ0v) is 12.8. The second-order valence-corrected chi connectivity index (χ2v) is 5.53. The lowest BCUT2D eigenvalue weighted by Gasteiger charge is -2.21. The fourth-order valence-corrected chi connectivity index (χ4v) is 2.11. The summed E-state index contributed by atoms with van der Waals surface area (Å²) in [5.41, 5.74) is 4.92. The van der Waals surface area contributed by atoms with Gasteiger partial charge in [0.25, 0.3) is 5.91 Å². The second kappa shape index (κ2) is 6.77. The molecule has 0 bridgehead atoms. The summed E-state index contributed by atoms with van der Waals surface area (Å²) in [6.07, 6.45) is -0.855. The Morgan fingerprint density at radius 3 is 2.53 bits per heavy atom. The molecule has 0 aliphatic heterocycles. The van der Waals surface area contributed by atoms with E-state index in [0.29, 0.717) is 10.8 Å². The Hall–Kier alpha value is -1.27. The molecule has 0 spiro atoms. The Morgan fingerprint density at radius 1 is 1.42 bits per heavy atom. The number of carbonyl (C=O) groups excluding carboxylic acids is 2. The van der Waals surface area contributed by atoms with Gasteiger partial charge in [0.2, 0.25) is 0 Å². The van der Waals surface area contributed by atoms with Crippen LogP contribution in [-0.2, 0) is 4.79 Å². The van der Waals surface area contributed by atoms with Gasteiger partial charge in [0.1, 0.15) is 5.75 Å². The van der Waals surface area contributed by atoms with Crippen LogP contribution in [0.2, 0.25) is 5.02 Å². The molecule has 1 aromatic rings. The third kappa shape index (κ3) is 4.72. The molecule has 0 heterocycles. The first-order valence-electron chi connectivity index (χ1n) is 5.53. The Labute approximate surface area is 124 Å². The van der Waals surface area contributed by atoms with E-state index < -0.39 is 18.0 Å². The van der Waals surface area contributed by atoms with E-state index in [0.717, 1.165) is 4.47 Å². The van der Waals surface area contributed by atoms with E-state index in [-0.39, 0.29) is 5.92 Å². The summed E-state index contributed by atoms with van der Waals surface area (Å²) >= 11 is 9.28. The van der Waals surface area contributed by atoms with Crippen LogP contribution in [0.1, 0.15) is 13.8 Å². The summed E-state index contributed by atoms with van der Waals surface area (Å²) in [5.74, 6) is -0.385. The summed E-state index contributed by atoms with van der Waals surface area (Å²) in [6.45, 7) is 3.58. The van der Waals surface area contributed by atoms with Crippen molar-refractivity contribution in [2.24, 2.45) is 11.7 Å². The van der Waals surface area contributed by atoms with Crippen molar-refractivity contribution in [1.29, 1.82) is 0 Å². The van der Waals surface area contributed by atoms with E-state index in [4.69, 9.17) is 22.1 Å². The van der Waals surface area contributed by atoms with Gasteiger partial charge in [0.15, 0.2) is 6.10 Å². The highest BCUT2D eigenvalue weighted by Gasteiger charge is 2.26. The monoisotopic (exact) mass is 348 g/mol. The normalized spacial score (nSPS) is 12.1. The lowest BCUT2D eigenvalue weighted by Crippen LogP contribution is -2.46. The average molecular weight is 350 g/mol. The molecule has 0 saturated carbocycles. The fraction of sp³-hybridized carbons (Fsp3) is 0.333. The van der Waals surface area contributed by atoms with Gasteiger partial charge in [-0.05, 0) is 24.1 Å². The summed E-state index contributed by atoms with van der Waals surface area (Å²) in [4.78, 5) is 22.5. The molecular weight excluding hydrogens is 336 g/mol. The number of hydrogen-bond acceptors (Lipinski definition) is 3. The molecule has 1 rings (SSSR count). The van der Waals surface area contributed by atoms with Crippen LogP contribution in [0, 0.1) is 5.92 Å². The first kappa shape index (κ1) is 15.8. The molecule has 3 N–H and O–H groups in total. The summed E-state index contributed by atoms with van der Waals surface area (Å²) in [6, 6.07) is 4.12. The molecule has 0 saturated heterocycles. The largest absolute Gasteiger partial charge is 0.479 e. The van der Waals surface area contributed by atoms with Gasteiger partial charge >= 0.3 is 6.03 Å². The Morgan fingerprint density at radius 2 is 2.05 bits per heavy atom. The van der Waals surface area contributed by atoms with Gasteiger partial charge in [-0.2, -0.15) is 0 Å². The van der Waals surface area contributed by atoms with E-state index >= 15 is 0 Å². The lowest BCUT2D eigenvalue weighted by atomic mass is 10.1. The maximum absolute atomic E-state index is 11.8. The molecule has 0 aromatic heterocycles. The van der Waals surface area contributed by atoms with Crippen LogP contribution in [0.25, 0.3) is 0 Å². The average Bonchev–Trinajstić information content (AvgIpc) is 2.26. The predicted molar refractivity (Wildman–Crippen MR) is 76.1 cm³/mol. The van der Waals surface area contributed by atoms with Crippen LogP contribution < -0.4 is 15.8 Å². The fourth-order valence-electron chi connectivity index (χ4n) is 1.39. The van der Waals surface area contributed by atoms with Gasteiger partial charge in [0, 0.05) is 4.47 Å². The Bertz CT molecular complexity index is 494. The molecule has 1 atom stereocenters. The van der Waals surface area contributed by atoms with Crippen molar-refractivity contribution in [3.63, 3.8) is 0 Å². The maximum atomic E-state index is 11.8. The number of halogens is 2. The number of amides is 3. The Balaban J connectivity index is 2.89. The molecule has 0 aliphatic carbocycles. The van der Waals surface area contributed by atoms with Crippen molar-refractivity contribution < 1.29 is 14.3 Å². The minimum Gasteiger partial charge on any atom is -0.479 e. The van der Waals surface area contributed by atoms with Crippen LogP contribution in [-0.4, -0.2) is 18.0 Å². The van der Waals surface area contributed by atoms with Crippen LogP contribution in [0.3, 0.4) is 0 Å². The van der Waals surface area contributed by atoms with E-state index in [1.165, 1.54) is 0 Å². The van der Waals surface area contributed by atoms with E-state index in [1.54, 1.807) is 32.0 Å². The molecule has 0 aliphatic rings. The predicted octanol–water partition coefficient (Wildman–Crippen LogP) is 2.70. The molecule has 0 fully saturated rings. The molecular formula is C12H14BrClN2O3. The zero-order chi connectivity index (χ0) is 14.6. The molecule has 1 aromatic carbocycles. The van der Waals surface area contributed by atoms with Crippen molar-refractivity contribution in [2.45, 2.75) is 20.0 Å². The molecule has 0 radical (unpaired) electrons. The lowest BCUT2D eigenvalue weighted by molar-refractivity contribution is -0.128.